The molecule has 144 valence electrons. The Morgan fingerprint density at radius 3 is 2.30 bits per heavy atom. The predicted octanol–water partition coefficient (Wildman–Crippen LogP) is -0.0939. The van der Waals surface area contributed by atoms with Crippen LogP contribution in [0.5, 0.6) is 0 Å². The van der Waals surface area contributed by atoms with Gasteiger partial charge < -0.3 is 19.6 Å². The number of likely N-dealkylation sites (N-methyl/N-ethyl adjacent to an activating group) is 1. The summed E-state index contributed by atoms with van der Waals surface area (Å²) in [5.41, 5.74) is 2.31. The molecule has 0 atom stereocenters. The summed E-state index contributed by atoms with van der Waals surface area (Å²) in [6.45, 7) is 4.79. The van der Waals surface area contributed by atoms with Crippen LogP contribution in [0.3, 0.4) is 0 Å². The lowest BCUT2D eigenvalue weighted by Gasteiger charge is -2.32. The van der Waals surface area contributed by atoms with Crippen LogP contribution in [0.2, 0.25) is 0 Å². The molecule has 0 aliphatic carbocycles. The first-order valence-corrected chi connectivity index (χ1v) is 9.38. The molecule has 0 unspecified atom stereocenters. The normalized spacial score (nSPS) is 14.9. The molecule has 1 aliphatic heterocycles. The minimum absolute atomic E-state index is 0.186. The van der Waals surface area contributed by atoms with Crippen LogP contribution < -0.4 is 14.7 Å². The van der Waals surface area contributed by atoms with Crippen molar-refractivity contribution in [2.24, 2.45) is 0 Å². The van der Waals surface area contributed by atoms with Gasteiger partial charge in [0.05, 0.1) is 26.2 Å². The Labute approximate surface area is 161 Å². The molecule has 1 saturated heterocycles. The molecule has 7 heteroatoms. The van der Waals surface area contributed by atoms with Crippen molar-refractivity contribution >= 4 is 17.5 Å². The molecule has 1 aromatic carbocycles. The summed E-state index contributed by atoms with van der Waals surface area (Å²) in [5, 5.41) is 0. The van der Waals surface area contributed by atoms with Gasteiger partial charge in [-0.3, -0.25) is 4.79 Å². The van der Waals surface area contributed by atoms with Crippen molar-refractivity contribution in [2.45, 2.75) is 6.54 Å². The van der Waals surface area contributed by atoms with Crippen LogP contribution in [0.25, 0.3) is 0 Å². The molecule has 2 heterocycles. The van der Waals surface area contributed by atoms with Gasteiger partial charge in [-0.15, -0.1) is 0 Å². The lowest BCUT2D eigenvalue weighted by molar-refractivity contribution is -0.892. The highest BCUT2D eigenvalue weighted by molar-refractivity contribution is 5.76. The van der Waals surface area contributed by atoms with E-state index in [0.29, 0.717) is 13.1 Å². The van der Waals surface area contributed by atoms with E-state index >= 15 is 0 Å². The van der Waals surface area contributed by atoms with Gasteiger partial charge in [0.1, 0.15) is 0 Å². The van der Waals surface area contributed by atoms with E-state index in [1.165, 1.54) is 4.90 Å². The first-order chi connectivity index (χ1) is 13.0. The molecule has 1 aromatic heterocycles. The standard InChI is InChI=1S/C20H28N6O/c1-23(2)18-7-5-17(6-8-18)15-24(3)19(27)16-25-11-13-26(14-12-25)20-21-9-4-10-22-20/h4-10H,11-16H2,1-3H3/p+1. The third kappa shape index (κ3) is 5.17. The Bertz CT molecular complexity index is 726. The van der Waals surface area contributed by atoms with E-state index in [-0.39, 0.29) is 5.91 Å². The van der Waals surface area contributed by atoms with Crippen LogP contribution in [0.15, 0.2) is 42.7 Å². The fourth-order valence-corrected chi connectivity index (χ4v) is 3.26. The number of carbonyl (C=O) groups excluding carboxylic acids is 1. The van der Waals surface area contributed by atoms with Crippen molar-refractivity contribution < 1.29 is 9.69 Å². The molecule has 0 spiro atoms. The minimum atomic E-state index is 0.186. The summed E-state index contributed by atoms with van der Waals surface area (Å²) in [4.78, 5) is 28.6. The van der Waals surface area contributed by atoms with Crippen molar-refractivity contribution in [1.82, 2.24) is 14.9 Å². The maximum atomic E-state index is 12.6. The minimum Gasteiger partial charge on any atom is -0.378 e. The average Bonchev–Trinajstić information content (AvgIpc) is 2.69. The van der Waals surface area contributed by atoms with Gasteiger partial charge >= 0.3 is 0 Å². The fraction of sp³-hybridized carbons (Fsp3) is 0.450. The summed E-state index contributed by atoms with van der Waals surface area (Å²) < 4.78 is 0. The van der Waals surface area contributed by atoms with Crippen molar-refractivity contribution in [3.63, 3.8) is 0 Å². The smallest absolute Gasteiger partial charge is 0.277 e. The number of hydrogen-bond acceptors (Lipinski definition) is 5. The van der Waals surface area contributed by atoms with Crippen LogP contribution >= 0.6 is 0 Å². The van der Waals surface area contributed by atoms with Crippen molar-refractivity contribution in [1.29, 1.82) is 0 Å². The van der Waals surface area contributed by atoms with Gasteiger partial charge in [0.25, 0.3) is 5.91 Å². The quantitative estimate of drug-likeness (QED) is 0.771. The summed E-state index contributed by atoms with van der Waals surface area (Å²) in [5.74, 6) is 0.965. The zero-order chi connectivity index (χ0) is 19.2. The number of rotatable bonds is 6. The zero-order valence-electron chi connectivity index (χ0n) is 16.4. The summed E-state index contributed by atoms with van der Waals surface area (Å²) in [6, 6.07) is 10.2. The third-order valence-electron chi connectivity index (χ3n) is 5.00. The van der Waals surface area contributed by atoms with E-state index in [4.69, 9.17) is 0 Å². The topological polar surface area (TPSA) is 57.0 Å². The monoisotopic (exact) mass is 369 g/mol. The number of nitrogens with zero attached hydrogens (tertiary/aromatic N) is 5. The Balaban J connectivity index is 1.46. The zero-order valence-corrected chi connectivity index (χ0v) is 16.4. The summed E-state index contributed by atoms with van der Waals surface area (Å²) >= 11 is 0. The van der Waals surface area contributed by atoms with E-state index in [2.05, 4.69) is 44.0 Å². The second-order valence-electron chi connectivity index (χ2n) is 7.27. The molecular formula is C20H29N6O+. The van der Waals surface area contributed by atoms with E-state index < -0.39 is 0 Å². The first kappa shape index (κ1) is 19.1. The molecule has 2 aromatic rings. The van der Waals surface area contributed by atoms with Crippen LogP contribution in [0.1, 0.15) is 5.56 Å². The maximum Gasteiger partial charge on any atom is 0.277 e. The van der Waals surface area contributed by atoms with Gasteiger partial charge in [0.2, 0.25) is 5.95 Å². The number of nitrogens with one attached hydrogen (secondary N) is 1. The van der Waals surface area contributed by atoms with Crippen LogP contribution in [0.4, 0.5) is 11.6 Å². The lowest BCUT2D eigenvalue weighted by Crippen LogP contribution is -3.15. The molecule has 7 nitrogen and oxygen atoms in total. The molecule has 3 rings (SSSR count). The van der Waals surface area contributed by atoms with Crippen molar-refractivity contribution in [2.75, 3.05) is 63.7 Å². The van der Waals surface area contributed by atoms with Gasteiger partial charge in [0, 0.05) is 45.8 Å². The van der Waals surface area contributed by atoms with Gasteiger partial charge in [-0.2, -0.15) is 0 Å². The Hall–Kier alpha value is -2.67. The molecule has 0 saturated carbocycles. The van der Waals surface area contributed by atoms with Gasteiger partial charge in [-0.05, 0) is 23.8 Å². The predicted molar refractivity (Wildman–Crippen MR) is 107 cm³/mol. The fourth-order valence-electron chi connectivity index (χ4n) is 3.26. The Kier molecular flexibility index (Phi) is 6.24. The molecule has 1 amide bonds. The van der Waals surface area contributed by atoms with Gasteiger partial charge in [0.15, 0.2) is 6.54 Å². The largest absolute Gasteiger partial charge is 0.378 e. The van der Waals surface area contributed by atoms with Crippen LogP contribution in [0, 0.1) is 0 Å². The van der Waals surface area contributed by atoms with Gasteiger partial charge in [-0.25, -0.2) is 9.97 Å². The van der Waals surface area contributed by atoms with E-state index in [9.17, 15) is 4.79 Å². The number of hydrogen-bond donors (Lipinski definition) is 1. The van der Waals surface area contributed by atoms with E-state index in [1.807, 2.05) is 32.1 Å². The number of anilines is 2. The first-order valence-electron chi connectivity index (χ1n) is 9.38. The highest BCUT2D eigenvalue weighted by atomic mass is 16.2. The lowest BCUT2D eigenvalue weighted by atomic mass is 10.2. The number of benzene rings is 1. The van der Waals surface area contributed by atoms with Gasteiger partial charge in [-0.1, -0.05) is 12.1 Å². The molecule has 1 fully saturated rings. The third-order valence-corrected chi connectivity index (χ3v) is 5.00. The molecule has 0 bridgehead atoms. The number of quaternary nitrogens is 1. The number of piperazine rings is 1. The van der Waals surface area contributed by atoms with Crippen LogP contribution in [-0.2, 0) is 11.3 Å². The SMILES string of the molecule is CN(Cc1ccc(N(C)C)cc1)C(=O)C[NH+]1CCN(c2ncccn2)CC1. The molecule has 1 aliphatic rings. The number of aromatic nitrogens is 2. The Morgan fingerprint density at radius 1 is 1.07 bits per heavy atom. The molecular weight excluding hydrogens is 340 g/mol. The number of amides is 1. The highest BCUT2D eigenvalue weighted by Crippen LogP contribution is 2.13. The van der Waals surface area contributed by atoms with Crippen molar-refractivity contribution in [3.8, 4) is 0 Å². The second kappa shape index (κ2) is 8.81. The Morgan fingerprint density at radius 2 is 1.70 bits per heavy atom. The second-order valence-corrected chi connectivity index (χ2v) is 7.27. The van der Waals surface area contributed by atoms with Crippen molar-refractivity contribution in [3.05, 3.63) is 48.3 Å². The maximum absolute atomic E-state index is 12.6. The molecule has 1 N–H and O–H groups in total. The van der Waals surface area contributed by atoms with E-state index in [1.54, 1.807) is 12.4 Å². The van der Waals surface area contributed by atoms with E-state index in [0.717, 1.165) is 43.4 Å². The average molecular weight is 369 g/mol. The highest BCUT2D eigenvalue weighted by Gasteiger charge is 2.24. The summed E-state index contributed by atoms with van der Waals surface area (Å²) in [7, 11) is 5.93. The summed E-state index contributed by atoms with van der Waals surface area (Å²) in [6.07, 6.45) is 3.54. The molecule has 0 radical (unpaired) electrons. The number of carbonyl (C=O) groups is 1. The molecule has 27 heavy (non-hydrogen) atoms. The van der Waals surface area contributed by atoms with Crippen LogP contribution in [-0.4, -0.2) is 74.6 Å².